The number of hydrogen-bond donors (Lipinski definition) is 1. The zero-order valence-electron chi connectivity index (χ0n) is 12.2. The maximum atomic E-state index is 6.30. The number of nitrogens with one attached hydrogen (secondary N) is 1. The van der Waals surface area contributed by atoms with Crippen molar-refractivity contribution in [1.82, 2.24) is 10.3 Å². The van der Waals surface area contributed by atoms with E-state index in [4.69, 9.17) is 23.2 Å². The minimum atomic E-state index is 0.336. The van der Waals surface area contributed by atoms with Gasteiger partial charge in [0, 0.05) is 18.4 Å². The van der Waals surface area contributed by atoms with Crippen LogP contribution in [-0.4, -0.2) is 17.6 Å². The lowest BCUT2D eigenvalue weighted by Gasteiger charge is -2.19. The summed E-state index contributed by atoms with van der Waals surface area (Å²) in [5.74, 6) is 0. The lowest BCUT2D eigenvalue weighted by atomic mass is 9.99. The number of benzene rings is 1. The van der Waals surface area contributed by atoms with E-state index in [1.54, 1.807) is 0 Å². The van der Waals surface area contributed by atoms with E-state index in [1.165, 1.54) is 5.56 Å². The number of halogens is 2. The van der Waals surface area contributed by atoms with Gasteiger partial charge in [-0.05, 0) is 55.1 Å². The van der Waals surface area contributed by atoms with Crippen LogP contribution in [-0.2, 0) is 12.8 Å². The largest absolute Gasteiger partial charge is 0.313 e. The molecular formula is C17H20Cl2N2. The quantitative estimate of drug-likeness (QED) is 0.809. The van der Waals surface area contributed by atoms with Gasteiger partial charge in [0.05, 0.1) is 10.0 Å². The maximum Gasteiger partial charge on any atom is 0.0624 e. The first-order valence-electron chi connectivity index (χ1n) is 7.26. The molecule has 0 aliphatic heterocycles. The van der Waals surface area contributed by atoms with Crippen LogP contribution in [0.2, 0.25) is 10.0 Å². The Kier molecular flexibility index (Phi) is 6.50. The van der Waals surface area contributed by atoms with Gasteiger partial charge in [0.15, 0.2) is 0 Å². The van der Waals surface area contributed by atoms with Crippen molar-refractivity contribution in [1.29, 1.82) is 0 Å². The van der Waals surface area contributed by atoms with Crippen molar-refractivity contribution in [2.45, 2.75) is 32.2 Å². The van der Waals surface area contributed by atoms with E-state index in [9.17, 15) is 0 Å². The lowest BCUT2D eigenvalue weighted by Crippen LogP contribution is -2.34. The highest BCUT2D eigenvalue weighted by Crippen LogP contribution is 2.26. The first-order valence-corrected chi connectivity index (χ1v) is 8.01. The Balaban J connectivity index is 2.10. The van der Waals surface area contributed by atoms with Gasteiger partial charge in [0.2, 0.25) is 0 Å². The molecule has 0 aliphatic rings. The van der Waals surface area contributed by atoms with Gasteiger partial charge in [-0.1, -0.05) is 42.3 Å². The molecule has 0 saturated heterocycles. The molecule has 2 aromatic rings. The van der Waals surface area contributed by atoms with Crippen molar-refractivity contribution in [2.75, 3.05) is 6.54 Å². The van der Waals surface area contributed by atoms with Crippen LogP contribution in [0.5, 0.6) is 0 Å². The second-order valence-electron chi connectivity index (χ2n) is 5.13. The van der Waals surface area contributed by atoms with Crippen LogP contribution in [0, 0.1) is 0 Å². The summed E-state index contributed by atoms with van der Waals surface area (Å²) >= 11 is 12.4. The first-order chi connectivity index (χ1) is 10.2. The molecule has 1 aromatic heterocycles. The lowest BCUT2D eigenvalue weighted by molar-refractivity contribution is 0.504. The van der Waals surface area contributed by atoms with Gasteiger partial charge in [-0.15, -0.1) is 0 Å². The number of rotatable bonds is 7. The van der Waals surface area contributed by atoms with Gasteiger partial charge in [0.1, 0.15) is 0 Å². The van der Waals surface area contributed by atoms with Crippen LogP contribution >= 0.6 is 23.2 Å². The maximum absolute atomic E-state index is 6.30. The molecule has 0 spiro atoms. The van der Waals surface area contributed by atoms with Crippen LogP contribution in [0.25, 0.3) is 0 Å². The van der Waals surface area contributed by atoms with E-state index in [2.05, 4.69) is 29.4 Å². The molecule has 1 atom stereocenters. The molecular weight excluding hydrogens is 303 g/mol. The Hall–Kier alpha value is -1.09. The fourth-order valence-electron chi connectivity index (χ4n) is 2.34. The summed E-state index contributed by atoms with van der Waals surface area (Å²) in [7, 11) is 0. The molecule has 112 valence electrons. The van der Waals surface area contributed by atoms with E-state index in [0.29, 0.717) is 16.1 Å². The molecule has 4 heteroatoms. The Bertz CT molecular complexity index is 558. The van der Waals surface area contributed by atoms with Crippen LogP contribution in [0.3, 0.4) is 0 Å². The summed E-state index contributed by atoms with van der Waals surface area (Å²) in [6.45, 7) is 3.16. The Morgan fingerprint density at radius 1 is 1.10 bits per heavy atom. The molecule has 0 bridgehead atoms. The monoisotopic (exact) mass is 322 g/mol. The van der Waals surface area contributed by atoms with Crippen molar-refractivity contribution in [3.8, 4) is 0 Å². The van der Waals surface area contributed by atoms with E-state index in [1.807, 2.05) is 30.6 Å². The minimum absolute atomic E-state index is 0.336. The molecule has 1 heterocycles. The topological polar surface area (TPSA) is 24.9 Å². The molecule has 2 nitrogen and oxygen atoms in total. The molecule has 1 unspecified atom stereocenters. The van der Waals surface area contributed by atoms with Crippen molar-refractivity contribution < 1.29 is 0 Å². The second-order valence-corrected chi connectivity index (χ2v) is 5.91. The van der Waals surface area contributed by atoms with Crippen molar-refractivity contribution in [2.24, 2.45) is 0 Å². The normalized spacial score (nSPS) is 12.3. The fourth-order valence-corrected chi connectivity index (χ4v) is 2.74. The highest BCUT2D eigenvalue weighted by Gasteiger charge is 2.13. The Labute approximate surface area is 136 Å². The average molecular weight is 323 g/mol. The van der Waals surface area contributed by atoms with Crippen LogP contribution in [0.15, 0.2) is 42.7 Å². The van der Waals surface area contributed by atoms with Gasteiger partial charge in [-0.2, -0.15) is 0 Å². The predicted molar refractivity (Wildman–Crippen MR) is 90.2 cm³/mol. The van der Waals surface area contributed by atoms with Crippen molar-refractivity contribution in [3.63, 3.8) is 0 Å². The van der Waals surface area contributed by atoms with Gasteiger partial charge in [0.25, 0.3) is 0 Å². The second kappa shape index (κ2) is 8.38. The minimum Gasteiger partial charge on any atom is -0.313 e. The van der Waals surface area contributed by atoms with Crippen molar-refractivity contribution >= 4 is 23.2 Å². The van der Waals surface area contributed by atoms with E-state index in [-0.39, 0.29) is 0 Å². The molecule has 1 N–H and O–H groups in total. The van der Waals surface area contributed by atoms with Crippen molar-refractivity contribution in [3.05, 3.63) is 63.9 Å². The number of pyridine rings is 1. The summed E-state index contributed by atoms with van der Waals surface area (Å²) in [5.41, 5.74) is 2.36. The summed E-state index contributed by atoms with van der Waals surface area (Å²) < 4.78 is 0. The van der Waals surface area contributed by atoms with Gasteiger partial charge in [-0.25, -0.2) is 0 Å². The van der Waals surface area contributed by atoms with E-state index < -0.39 is 0 Å². The highest BCUT2D eigenvalue weighted by atomic mass is 35.5. The fraction of sp³-hybridized carbons (Fsp3) is 0.353. The number of hydrogen-bond acceptors (Lipinski definition) is 2. The van der Waals surface area contributed by atoms with Crippen LogP contribution in [0.4, 0.5) is 0 Å². The highest BCUT2D eigenvalue weighted by molar-refractivity contribution is 6.42. The smallest absolute Gasteiger partial charge is 0.0624 e. The molecule has 1 aromatic carbocycles. The molecule has 0 fully saturated rings. The third-order valence-electron chi connectivity index (χ3n) is 3.41. The number of nitrogens with zero attached hydrogens (tertiary/aromatic N) is 1. The zero-order valence-corrected chi connectivity index (χ0v) is 13.7. The standard InChI is InChI=1S/C17H20Cl2N2/c1-2-8-21-15(11-13-6-9-20-10-7-13)12-14-4-3-5-16(18)17(14)19/h3-7,9-10,15,21H,2,8,11-12H2,1H3. The van der Waals surface area contributed by atoms with Crippen LogP contribution < -0.4 is 5.32 Å². The van der Waals surface area contributed by atoms with Gasteiger partial charge >= 0.3 is 0 Å². The van der Waals surface area contributed by atoms with E-state index in [0.717, 1.165) is 31.4 Å². The molecule has 0 aliphatic carbocycles. The Morgan fingerprint density at radius 2 is 1.86 bits per heavy atom. The summed E-state index contributed by atoms with van der Waals surface area (Å²) in [6, 6.07) is 10.3. The molecule has 0 amide bonds. The molecule has 0 saturated carbocycles. The number of aromatic nitrogens is 1. The van der Waals surface area contributed by atoms with Gasteiger partial charge in [-0.3, -0.25) is 4.98 Å². The van der Waals surface area contributed by atoms with E-state index >= 15 is 0 Å². The van der Waals surface area contributed by atoms with Gasteiger partial charge < -0.3 is 5.32 Å². The molecule has 2 rings (SSSR count). The Morgan fingerprint density at radius 3 is 2.57 bits per heavy atom. The summed E-state index contributed by atoms with van der Waals surface area (Å²) in [4.78, 5) is 4.07. The molecule has 0 radical (unpaired) electrons. The van der Waals surface area contributed by atoms with Crippen LogP contribution in [0.1, 0.15) is 24.5 Å². The third kappa shape index (κ3) is 4.99. The zero-order chi connectivity index (χ0) is 15.1. The predicted octanol–water partition coefficient (Wildman–Crippen LogP) is 4.54. The summed E-state index contributed by atoms with van der Waals surface area (Å²) in [6.07, 6.45) is 6.58. The SMILES string of the molecule is CCCNC(Cc1ccncc1)Cc1cccc(Cl)c1Cl. The average Bonchev–Trinajstić information content (AvgIpc) is 2.50. The summed E-state index contributed by atoms with van der Waals surface area (Å²) in [5, 5.41) is 4.87. The first kappa shape index (κ1) is 16.3. The third-order valence-corrected chi connectivity index (χ3v) is 4.27. The molecule has 21 heavy (non-hydrogen) atoms.